The van der Waals surface area contributed by atoms with Crippen LogP contribution in [0.4, 0.5) is 14.5 Å². The number of hydrogen-bond acceptors (Lipinski definition) is 4. The summed E-state index contributed by atoms with van der Waals surface area (Å²) < 4.78 is 53.2. The number of alkyl halides is 2. The van der Waals surface area contributed by atoms with E-state index in [1.54, 1.807) is 19.3 Å². The van der Waals surface area contributed by atoms with Crippen LogP contribution in [0.2, 0.25) is 0 Å². The summed E-state index contributed by atoms with van der Waals surface area (Å²) in [7, 11) is -2.28. The van der Waals surface area contributed by atoms with Crippen LogP contribution < -0.4 is 15.6 Å². The van der Waals surface area contributed by atoms with Gasteiger partial charge in [-0.05, 0) is 43.0 Å². The Morgan fingerprint density at radius 3 is 2.42 bits per heavy atom. The minimum absolute atomic E-state index is 0.0296. The maximum atomic E-state index is 13.8. The fourth-order valence-corrected chi connectivity index (χ4v) is 5.53. The monoisotopic (exact) mass is 447 g/mol. The zero-order valence-corrected chi connectivity index (χ0v) is 17.9. The molecule has 2 aromatic rings. The number of sulfonamides is 1. The van der Waals surface area contributed by atoms with Crippen LogP contribution >= 0.6 is 0 Å². The van der Waals surface area contributed by atoms with Crippen LogP contribution in [0.3, 0.4) is 0 Å². The summed E-state index contributed by atoms with van der Waals surface area (Å²) >= 11 is 0. The highest BCUT2D eigenvalue weighted by molar-refractivity contribution is 7.89. The first-order chi connectivity index (χ1) is 14.5. The van der Waals surface area contributed by atoms with Crippen molar-refractivity contribution >= 4 is 21.8 Å². The zero-order valence-electron chi connectivity index (χ0n) is 17.1. The molecule has 31 heavy (non-hydrogen) atoms. The number of primary sulfonamides is 1. The molecule has 2 fully saturated rings. The number of allylic oxidation sites excluding steroid dienone is 1. The second-order valence-electron chi connectivity index (χ2n) is 8.83. The quantitative estimate of drug-likeness (QED) is 0.784. The standard InChI is InChI=1S/C22H23F2N3O3S/c1-26-12-18(15-3-2-4-16(15)20(26)28)17-11-14(31(25,29)30)5-6-19(17)27-9-7-21(8-10-27)13-22(21,23)24/h2-3,5-6,11-12H,4,7-10,13H2,1H3,(H2,25,29,30). The molecule has 2 heterocycles. The minimum atomic E-state index is -3.94. The predicted molar refractivity (Wildman–Crippen MR) is 115 cm³/mol. The summed E-state index contributed by atoms with van der Waals surface area (Å²) in [6.45, 7) is 0.919. The zero-order chi connectivity index (χ0) is 22.2. The third kappa shape index (κ3) is 3.13. The van der Waals surface area contributed by atoms with Gasteiger partial charge in [-0.25, -0.2) is 22.3 Å². The first kappa shape index (κ1) is 20.4. The fraction of sp³-hybridized carbons (Fsp3) is 0.409. The molecule has 0 unspecified atom stereocenters. The van der Waals surface area contributed by atoms with Gasteiger partial charge in [-0.2, -0.15) is 0 Å². The second kappa shape index (κ2) is 6.49. The largest absolute Gasteiger partial charge is 0.371 e. The van der Waals surface area contributed by atoms with Gasteiger partial charge in [0.15, 0.2) is 0 Å². The lowest BCUT2D eigenvalue weighted by Gasteiger charge is -2.35. The molecular formula is C22H23F2N3O3S. The molecule has 1 aromatic carbocycles. The molecule has 1 saturated carbocycles. The first-order valence-electron chi connectivity index (χ1n) is 10.2. The molecule has 9 heteroatoms. The number of halogens is 2. The molecule has 1 spiro atoms. The van der Waals surface area contributed by atoms with E-state index in [0.717, 1.165) is 16.8 Å². The lowest BCUT2D eigenvalue weighted by molar-refractivity contribution is 0.0537. The Morgan fingerprint density at radius 2 is 1.81 bits per heavy atom. The molecule has 1 aromatic heterocycles. The second-order valence-corrected chi connectivity index (χ2v) is 10.4. The number of hydrogen-bond donors (Lipinski definition) is 1. The number of benzene rings is 1. The van der Waals surface area contributed by atoms with Gasteiger partial charge in [0.25, 0.3) is 11.5 Å². The molecule has 0 amide bonds. The van der Waals surface area contributed by atoms with Crippen LogP contribution in [-0.2, 0) is 23.5 Å². The smallest absolute Gasteiger partial charge is 0.254 e. The lowest BCUT2D eigenvalue weighted by Crippen LogP contribution is -2.37. The highest BCUT2D eigenvalue weighted by Crippen LogP contribution is 2.66. The van der Waals surface area contributed by atoms with Crippen molar-refractivity contribution in [2.75, 3.05) is 18.0 Å². The Kier molecular flexibility index (Phi) is 4.27. The predicted octanol–water partition coefficient (Wildman–Crippen LogP) is 2.89. The van der Waals surface area contributed by atoms with Crippen molar-refractivity contribution < 1.29 is 17.2 Å². The highest BCUT2D eigenvalue weighted by Gasteiger charge is 2.70. The van der Waals surface area contributed by atoms with E-state index in [2.05, 4.69) is 0 Å². The molecule has 1 aliphatic heterocycles. The van der Waals surface area contributed by atoms with Crippen LogP contribution in [0.1, 0.15) is 30.4 Å². The van der Waals surface area contributed by atoms with Crippen molar-refractivity contribution in [2.24, 2.45) is 17.6 Å². The van der Waals surface area contributed by atoms with Gasteiger partial charge in [0, 0.05) is 60.5 Å². The van der Waals surface area contributed by atoms with Crippen molar-refractivity contribution in [2.45, 2.75) is 36.5 Å². The third-order valence-corrected chi connectivity index (χ3v) is 7.89. The van der Waals surface area contributed by atoms with E-state index in [1.807, 2.05) is 17.1 Å². The Hall–Kier alpha value is -2.52. The first-order valence-corrected chi connectivity index (χ1v) is 11.8. The van der Waals surface area contributed by atoms with Gasteiger partial charge in [-0.3, -0.25) is 4.79 Å². The average Bonchev–Trinajstić information content (AvgIpc) is 3.05. The van der Waals surface area contributed by atoms with E-state index in [1.165, 1.54) is 16.7 Å². The molecule has 3 aliphatic rings. The summed E-state index contributed by atoms with van der Waals surface area (Å²) in [5, 5.41) is 5.38. The van der Waals surface area contributed by atoms with Crippen LogP contribution in [-0.4, -0.2) is 32.0 Å². The number of anilines is 1. The molecule has 1 saturated heterocycles. The molecule has 5 rings (SSSR count). The Balaban J connectivity index is 1.63. The van der Waals surface area contributed by atoms with Crippen molar-refractivity contribution in [3.05, 3.63) is 52.0 Å². The number of nitrogens with two attached hydrogens (primary N) is 1. The number of pyridine rings is 1. The van der Waals surface area contributed by atoms with Crippen LogP contribution in [0.15, 0.2) is 40.2 Å². The summed E-state index contributed by atoms with van der Waals surface area (Å²) in [6.07, 6.45) is 6.71. The molecule has 6 nitrogen and oxygen atoms in total. The molecule has 0 radical (unpaired) electrons. The Bertz CT molecular complexity index is 1290. The van der Waals surface area contributed by atoms with E-state index >= 15 is 0 Å². The maximum Gasteiger partial charge on any atom is 0.254 e. The summed E-state index contributed by atoms with van der Waals surface area (Å²) in [5.74, 6) is -2.58. The van der Waals surface area contributed by atoms with Gasteiger partial charge in [0.2, 0.25) is 10.0 Å². The van der Waals surface area contributed by atoms with E-state index in [-0.39, 0.29) is 16.9 Å². The topological polar surface area (TPSA) is 85.4 Å². The number of fused-ring (bicyclic) bond motifs is 1. The van der Waals surface area contributed by atoms with Crippen LogP contribution in [0.25, 0.3) is 17.2 Å². The van der Waals surface area contributed by atoms with Gasteiger partial charge < -0.3 is 9.47 Å². The van der Waals surface area contributed by atoms with E-state index < -0.39 is 21.4 Å². The third-order valence-electron chi connectivity index (χ3n) is 6.98. The molecule has 0 atom stereocenters. The van der Waals surface area contributed by atoms with Gasteiger partial charge in [0.05, 0.1) is 4.90 Å². The lowest BCUT2D eigenvalue weighted by atomic mass is 9.91. The molecule has 164 valence electrons. The number of aromatic nitrogens is 1. The van der Waals surface area contributed by atoms with Gasteiger partial charge in [-0.15, -0.1) is 0 Å². The number of piperidine rings is 1. The van der Waals surface area contributed by atoms with Crippen molar-refractivity contribution in [1.29, 1.82) is 0 Å². The van der Waals surface area contributed by atoms with Crippen LogP contribution in [0.5, 0.6) is 0 Å². The van der Waals surface area contributed by atoms with Gasteiger partial charge in [-0.1, -0.05) is 12.2 Å². The van der Waals surface area contributed by atoms with Crippen molar-refractivity contribution in [1.82, 2.24) is 4.57 Å². The Labute approximate surface area is 179 Å². The van der Waals surface area contributed by atoms with Crippen molar-refractivity contribution in [3.63, 3.8) is 0 Å². The minimum Gasteiger partial charge on any atom is -0.371 e. The molecular weight excluding hydrogens is 424 g/mol. The molecule has 2 N–H and O–H groups in total. The van der Waals surface area contributed by atoms with Gasteiger partial charge in [0.1, 0.15) is 0 Å². The van der Waals surface area contributed by atoms with Crippen LogP contribution in [0, 0.1) is 5.41 Å². The molecule has 2 aliphatic carbocycles. The van der Waals surface area contributed by atoms with E-state index in [4.69, 9.17) is 5.14 Å². The number of nitrogens with zero attached hydrogens (tertiary/aromatic N) is 2. The average molecular weight is 448 g/mol. The van der Waals surface area contributed by atoms with E-state index in [0.29, 0.717) is 43.5 Å². The number of aryl methyl sites for hydroxylation is 1. The van der Waals surface area contributed by atoms with Gasteiger partial charge >= 0.3 is 0 Å². The summed E-state index contributed by atoms with van der Waals surface area (Å²) in [5.41, 5.74) is 2.55. The Morgan fingerprint density at radius 1 is 1.13 bits per heavy atom. The SMILES string of the molecule is Cn1cc(-c2cc(S(N)(=O)=O)ccc2N2CCC3(CC2)CC3(F)F)c2c(c1=O)CC=C2. The highest BCUT2D eigenvalue weighted by atomic mass is 32.2. The summed E-state index contributed by atoms with van der Waals surface area (Å²) in [4.78, 5) is 14.5. The number of rotatable bonds is 3. The summed E-state index contributed by atoms with van der Waals surface area (Å²) in [6, 6.07) is 4.66. The normalized spacial score (nSPS) is 20.8. The van der Waals surface area contributed by atoms with Crippen molar-refractivity contribution in [3.8, 4) is 11.1 Å². The molecule has 0 bridgehead atoms. The maximum absolute atomic E-state index is 13.8. The fourth-order valence-electron chi connectivity index (χ4n) is 4.99. The van der Waals surface area contributed by atoms with E-state index in [9.17, 15) is 22.0 Å².